The first kappa shape index (κ1) is 16.3. The van der Waals surface area contributed by atoms with Crippen LogP contribution in [0.2, 0.25) is 5.02 Å². The molecule has 0 aliphatic carbocycles. The van der Waals surface area contributed by atoms with Crippen molar-refractivity contribution in [2.75, 3.05) is 19.7 Å². The van der Waals surface area contributed by atoms with Crippen molar-refractivity contribution in [2.24, 2.45) is 5.73 Å². The summed E-state index contributed by atoms with van der Waals surface area (Å²) in [6.07, 6.45) is 3.72. The Kier molecular flexibility index (Phi) is 6.03. The Balaban J connectivity index is 1.96. The molecule has 21 heavy (non-hydrogen) atoms. The monoisotopic (exact) mass is 309 g/mol. The number of benzene rings is 1. The van der Waals surface area contributed by atoms with Gasteiger partial charge in [-0.2, -0.15) is 0 Å². The number of nitrogen functional groups attached to an aromatic ring is 1. The molecule has 1 heterocycles. The van der Waals surface area contributed by atoms with Crippen LogP contribution >= 0.6 is 11.6 Å². The zero-order valence-corrected chi connectivity index (χ0v) is 13.3. The van der Waals surface area contributed by atoms with Crippen LogP contribution in [0.4, 0.5) is 0 Å². The van der Waals surface area contributed by atoms with Crippen molar-refractivity contribution in [1.29, 1.82) is 5.41 Å². The maximum Gasteiger partial charge on any atom is 0.122 e. The highest BCUT2D eigenvalue weighted by Gasteiger charge is 2.20. The van der Waals surface area contributed by atoms with E-state index in [1.807, 2.05) is 12.1 Å². The highest BCUT2D eigenvalue weighted by atomic mass is 35.5. The molecule has 3 N–H and O–H groups in total. The summed E-state index contributed by atoms with van der Waals surface area (Å²) in [5.74, 6) is 0.0504. The molecule has 1 atom stereocenters. The molecule has 1 unspecified atom stereocenters. The summed E-state index contributed by atoms with van der Waals surface area (Å²) in [6.45, 7) is 5.84. The second-order valence-corrected chi connectivity index (χ2v) is 6.00. The number of piperidine rings is 1. The van der Waals surface area contributed by atoms with Gasteiger partial charge in [0.1, 0.15) is 5.84 Å². The number of nitrogens with zero attached hydrogens (tertiary/aromatic N) is 1. The van der Waals surface area contributed by atoms with E-state index >= 15 is 0 Å². The summed E-state index contributed by atoms with van der Waals surface area (Å²) in [5, 5.41) is 8.12. The third-order valence-corrected chi connectivity index (χ3v) is 4.13. The van der Waals surface area contributed by atoms with Gasteiger partial charge >= 0.3 is 0 Å². The Hall–Kier alpha value is -1.10. The molecule has 1 aliphatic heterocycles. The van der Waals surface area contributed by atoms with Gasteiger partial charge in [-0.15, -0.1) is 0 Å². The molecule has 1 aromatic carbocycles. The van der Waals surface area contributed by atoms with Gasteiger partial charge in [-0.3, -0.25) is 10.3 Å². The number of hydrogen-bond acceptors (Lipinski definition) is 3. The quantitative estimate of drug-likeness (QED) is 0.627. The molecule has 116 valence electrons. The number of halogens is 1. The average molecular weight is 310 g/mol. The predicted octanol–water partition coefficient (Wildman–Crippen LogP) is 3.02. The highest BCUT2D eigenvalue weighted by Crippen LogP contribution is 2.22. The molecule has 0 amide bonds. The van der Waals surface area contributed by atoms with E-state index in [2.05, 4.69) is 11.8 Å². The third kappa shape index (κ3) is 4.70. The summed E-state index contributed by atoms with van der Waals surface area (Å²) in [5.41, 5.74) is 7.23. The van der Waals surface area contributed by atoms with E-state index in [0.29, 0.717) is 16.7 Å². The van der Waals surface area contributed by atoms with Crippen LogP contribution in [0.1, 0.15) is 37.3 Å². The number of likely N-dealkylation sites (tertiary alicyclic amines) is 1. The van der Waals surface area contributed by atoms with Crippen LogP contribution in [-0.4, -0.2) is 36.5 Å². The molecule has 0 spiro atoms. The summed E-state index contributed by atoms with van der Waals surface area (Å²) >= 11 is 6.30. The summed E-state index contributed by atoms with van der Waals surface area (Å²) < 4.78 is 5.86. The van der Waals surface area contributed by atoms with Crippen LogP contribution in [0.25, 0.3) is 0 Å². The molecule has 1 saturated heterocycles. The minimum absolute atomic E-state index is 0.0504. The molecule has 1 fully saturated rings. The Labute approximate surface area is 131 Å². The fourth-order valence-electron chi connectivity index (χ4n) is 2.66. The predicted molar refractivity (Wildman–Crippen MR) is 87.0 cm³/mol. The lowest BCUT2D eigenvalue weighted by molar-refractivity contribution is -0.00222. The number of rotatable bonds is 6. The van der Waals surface area contributed by atoms with E-state index in [1.165, 1.54) is 0 Å². The first-order valence-electron chi connectivity index (χ1n) is 7.57. The Morgan fingerprint density at radius 1 is 1.52 bits per heavy atom. The fourth-order valence-corrected chi connectivity index (χ4v) is 2.90. The summed E-state index contributed by atoms with van der Waals surface area (Å²) in [4.78, 5) is 2.39. The second-order valence-electron chi connectivity index (χ2n) is 5.59. The first-order valence-corrected chi connectivity index (χ1v) is 7.94. The van der Waals surface area contributed by atoms with Crippen molar-refractivity contribution in [1.82, 2.24) is 4.90 Å². The van der Waals surface area contributed by atoms with Crippen molar-refractivity contribution in [3.05, 3.63) is 34.3 Å². The molecule has 0 aromatic heterocycles. The first-order chi connectivity index (χ1) is 10.1. The molecule has 0 saturated carbocycles. The number of nitrogens with two attached hydrogens (primary N) is 1. The average Bonchev–Trinajstić information content (AvgIpc) is 2.47. The minimum atomic E-state index is 0.0504. The molecule has 1 aromatic rings. The van der Waals surface area contributed by atoms with Crippen molar-refractivity contribution < 1.29 is 4.74 Å². The largest absolute Gasteiger partial charge is 0.384 e. The number of ether oxygens (including phenoxy) is 1. The van der Waals surface area contributed by atoms with Crippen LogP contribution in [-0.2, 0) is 11.3 Å². The van der Waals surface area contributed by atoms with Gasteiger partial charge in [0.2, 0.25) is 0 Å². The number of hydrogen-bond donors (Lipinski definition) is 2. The van der Waals surface area contributed by atoms with Crippen molar-refractivity contribution in [2.45, 2.75) is 38.8 Å². The van der Waals surface area contributed by atoms with Gasteiger partial charge < -0.3 is 10.5 Å². The lowest BCUT2D eigenvalue weighted by atomic mass is 10.1. The van der Waals surface area contributed by atoms with Gasteiger partial charge in [-0.05, 0) is 37.4 Å². The lowest BCUT2D eigenvalue weighted by Gasteiger charge is -2.32. The van der Waals surface area contributed by atoms with E-state index in [-0.39, 0.29) is 5.84 Å². The second kappa shape index (κ2) is 7.78. The molecule has 0 radical (unpaired) electrons. The molecule has 4 nitrogen and oxygen atoms in total. The summed E-state index contributed by atoms with van der Waals surface area (Å²) in [6, 6.07) is 5.60. The van der Waals surface area contributed by atoms with Gasteiger partial charge in [-0.25, -0.2) is 0 Å². The highest BCUT2D eigenvalue weighted by molar-refractivity contribution is 6.31. The molecular formula is C16H24ClN3O. The van der Waals surface area contributed by atoms with E-state index in [9.17, 15) is 0 Å². The topological polar surface area (TPSA) is 62.3 Å². The Morgan fingerprint density at radius 2 is 2.33 bits per heavy atom. The number of nitrogens with one attached hydrogen (secondary N) is 1. The van der Waals surface area contributed by atoms with Crippen molar-refractivity contribution in [3.63, 3.8) is 0 Å². The summed E-state index contributed by atoms with van der Waals surface area (Å²) in [7, 11) is 0. The van der Waals surface area contributed by atoms with Gasteiger partial charge in [0, 0.05) is 30.3 Å². The van der Waals surface area contributed by atoms with Gasteiger partial charge in [0.25, 0.3) is 0 Å². The molecule has 1 aliphatic rings. The SMILES string of the molecule is CCCOC1CCCN(Cc2ccc(C(=N)N)cc2Cl)C1. The Bertz CT molecular complexity index is 492. The zero-order chi connectivity index (χ0) is 15.2. The molecule has 5 heteroatoms. The van der Waals surface area contributed by atoms with Crippen LogP contribution in [0, 0.1) is 5.41 Å². The van der Waals surface area contributed by atoms with E-state index in [1.54, 1.807) is 6.07 Å². The van der Waals surface area contributed by atoms with Crippen molar-refractivity contribution >= 4 is 17.4 Å². The Morgan fingerprint density at radius 3 is 3.00 bits per heavy atom. The van der Waals surface area contributed by atoms with Crippen LogP contribution in [0.5, 0.6) is 0 Å². The molecule has 2 rings (SSSR count). The van der Waals surface area contributed by atoms with Crippen molar-refractivity contribution in [3.8, 4) is 0 Å². The van der Waals surface area contributed by atoms with Gasteiger partial charge in [-0.1, -0.05) is 30.7 Å². The van der Waals surface area contributed by atoms with E-state index in [4.69, 9.17) is 27.5 Å². The third-order valence-electron chi connectivity index (χ3n) is 3.78. The smallest absolute Gasteiger partial charge is 0.122 e. The normalized spacial score (nSPS) is 19.6. The minimum Gasteiger partial charge on any atom is -0.384 e. The molecular weight excluding hydrogens is 286 g/mol. The number of amidine groups is 1. The van der Waals surface area contributed by atoms with Crippen LogP contribution < -0.4 is 5.73 Å². The van der Waals surface area contributed by atoms with E-state index in [0.717, 1.165) is 51.1 Å². The van der Waals surface area contributed by atoms with Crippen LogP contribution in [0.15, 0.2) is 18.2 Å². The maximum atomic E-state index is 7.44. The zero-order valence-electron chi connectivity index (χ0n) is 12.6. The van der Waals surface area contributed by atoms with Crippen LogP contribution in [0.3, 0.4) is 0 Å². The fraction of sp³-hybridized carbons (Fsp3) is 0.562. The maximum absolute atomic E-state index is 7.44. The lowest BCUT2D eigenvalue weighted by Crippen LogP contribution is -2.39. The standard InChI is InChI=1S/C16H24ClN3O/c1-2-8-21-14-4-3-7-20(11-14)10-13-6-5-12(16(18)19)9-15(13)17/h5-6,9,14H,2-4,7-8,10-11H2,1H3,(H3,18,19). The van der Waals surface area contributed by atoms with Gasteiger partial charge in [0.15, 0.2) is 0 Å². The van der Waals surface area contributed by atoms with Gasteiger partial charge in [0.05, 0.1) is 6.10 Å². The molecule has 0 bridgehead atoms. The van der Waals surface area contributed by atoms with E-state index < -0.39 is 0 Å².